The van der Waals surface area contributed by atoms with E-state index in [-0.39, 0.29) is 24.3 Å². The lowest BCUT2D eigenvalue weighted by Crippen LogP contribution is -2.34. The van der Waals surface area contributed by atoms with Crippen LogP contribution in [0.4, 0.5) is 5.69 Å². The Morgan fingerprint density at radius 3 is 2.28 bits per heavy atom. The van der Waals surface area contributed by atoms with E-state index in [9.17, 15) is 9.59 Å². The number of methoxy groups -OCH3 is 1. The van der Waals surface area contributed by atoms with Crippen molar-refractivity contribution in [2.75, 3.05) is 31.7 Å². The second-order valence-corrected chi connectivity index (χ2v) is 8.97. The van der Waals surface area contributed by atoms with Crippen LogP contribution in [0, 0.1) is 0 Å². The highest BCUT2D eigenvalue weighted by Gasteiger charge is 2.23. The third-order valence-corrected chi connectivity index (χ3v) is 6.53. The lowest BCUT2D eigenvalue weighted by Gasteiger charge is -2.33. The maximum Gasteiger partial charge on any atom is 0.338 e. The van der Waals surface area contributed by atoms with E-state index in [0.29, 0.717) is 12.2 Å². The average molecular weight is 487 g/mol. The molecule has 1 atom stereocenters. The van der Waals surface area contributed by atoms with Crippen molar-refractivity contribution < 1.29 is 19.1 Å². The van der Waals surface area contributed by atoms with Crippen LogP contribution in [0.2, 0.25) is 0 Å². The molecule has 0 bridgehead atoms. The van der Waals surface area contributed by atoms with Crippen LogP contribution in [0.3, 0.4) is 0 Å². The van der Waals surface area contributed by atoms with E-state index in [0.717, 1.165) is 41.2 Å². The summed E-state index contributed by atoms with van der Waals surface area (Å²) in [5.41, 5.74) is 4.55. The Labute approximate surface area is 213 Å². The molecule has 0 saturated carbocycles. The number of esters is 1. The first-order valence-corrected chi connectivity index (χ1v) is 12.6. The van der Waals surface area contributed by atoms with Gasteiger partial charge in [-0.3, -0.25) is 4.79 Å². The van der Waals surface area contributed by atoms with Gasteiger partial charge >= 0.3 is 5.97 Å². The number of para-hydroxylation sites is 1. The topological polar surface area (TPSA) is 67.9 Å². The summed E-state index contributed by atoms with van der Waals surface area (Å²) in [6.45, 7) is 4.15. The van der Waals surface area contributed by atoms with Crippen LogP contribution < -0.4 is 15.0 Å². The molecule has 0 aliphatic carbocycles. The van der Waals surface area contributed by atoms with E-state index in [4.69, 9.17) is 9.47 Å². The molecule has 3 aromatic rings. The molecule has 1 heterocycles. The summed E-state index contributed by atoms with van der Waals surface area (Å²) in [5, 5.41) is 3.27. The average Bonchev–Trinajstić information content (AvgIpc) is 2.93. The van der Waals surface area contributed by atoms with Gasteiger partial charge in [0, 0.05) is 24.3 Å². The summed E-state index contributed by atoms with van der Waals surface area (Å²) in [4.78, 5) is 27.6. The van der Waals surface area contributed by atoms with Crippen molar-refractivity contribution in [3.63, 3.8) is 0 Å². The molecule has 188 valence electrons. The molecule has 1 N–H and O–H groups in total. The number of rotatable bonds is 9. The van der Waals surface area contributed by atoms with Gasteiger partial charge in [-0.2, -0.15) is 0 Å². The standard InChI is InChI=1S/C30H34N2O4/c1-3-36-30(34)24-13-11-22(12-14-24)21-28(33)31-29(23-15-17-25(35-2)18-16-23)26-9-5-6-10-27(26)32-19-7-4-8-20-32/h5-6,9-18,29H,3-4,7-8,19-21H2,1-2H3,(H,31,33). The minimum Gasteiger partial charge on any atom is -0.497 e. The van der Waals surface area contributed by atoms with Crippen molar-refractivity contribution in [3.8, 4) is 5.75 Å². The van der Waals surface area contributed by atoms with Crippen molar-refractivity contribution in [2.45, 2.75) is 38.6 Å². The van der Waals surface area contributed by atoms with E-state index in [1.54, 1.807) is 38.3 Å². The fraction of sp³-hybridized carbons (Fsp3) is 0.333. The molecule has 1 aliphatic heterocycles. The van der Waals surface area contributed by atoms with Crippen LogP contribution in [0.25, 0.3) is 0 Å². The number of hydrogen-bond donors (Lipinski definition) is 1. The van der Waals surface area contributed by atoms with Crippen LogP contribution in [0.1, 0.15) is 59.3 Å². The third-order valence-electron chi connectivity index (χ3n) is 6.53. The number of amides is 1. The highest BCUT2D eigenvalue weighted by molar-refractivity contribution is 5.89. The summed E-state index contributed by atoms with van der Waals surface area (Å²) in [6, 6.07) is 22.9. The Hall–Kier alpha value is -3.80. The Morgan fingerprint density at radius 1 is 0.917 bits per heavy atom. The first-order chi connectivity index (χ1) is 17.6. The van der Waals surface area contributed by atoms with Gasteiger partial charge in [0.1, 0.15) is 5.75 Å². The first-order valence-electron chi connectivity index (χ1n) is 12.6. The Morgan fingerprint density at radius 2 is 1.61 bits per heavy atom. The fourth-order valence-corrected chi connectivity index (χ4v) is 4.66. The third kappa shape index (κ3) is 6.25. The van der Waals surface area contributed by atoms with Crippen LogP contribution >= 0.6 is 0 Å². The molecule has 1 unspecified atom stereocenters. The quantitative estimate of drug-likeness (QED) is 0.415. The lowest BCUT2D eigenvalue weighted by molar-refractivity contribution is -0.120. The first kappa shape index (κ1) is 25.3. The predicted molar refractivity (Wildman–Crippen MR) is 142 cm³/mol. The van der Waals surface area contributed by atoms with Crippen molar-refractivity contribution >= 4 is 17.6 Å². The van der Waals surface area contributed by atoms with Gasteiger partial charge in [0.15, 0.2) is 0 Å². The van der Waals surface area contributed by atoms with Gasteiger partial charge in [-0.15, -0.1) is 0 Å². The van der Waals surface area contributed by atoms with Crippen LogP contribution in [-0.4, -0.2) is 38.7 Å². The molecular weight excluding hydrogens is 452 g/mol. The molecule has 1 amide bonds. The second kappa shape index (κ2) is 12.2. The molecule has 3 aromatic carbocycles. The van der Waals surface area contributed by atoms with Crippen LogP contribution in [0.5, 0.6) is 5.75 Å². The summed E-state index contributed by atoms with van der Waals surface area (Å²) < 4.78 is 10.4. The predicted octanol–water partition coefficient (Wildman–Crippen LogP) is 5.31. The monoisotopic (exact) mass is 486 g/mol. The normalized spacial score (nSPS) is 14.1. The Kier molecular flexibility index (Phi) is 8.61. The second-order valence-electron chi connectivity index (χ2n) is 8.97. The number of carbonyl (C=O) groups excluding carboxylic acids is 2. The maximum absolute atomic E-state index is 13.3. The summed E-state index contributed by atoms with van der Waals surface area (Å²) >= 11 is 0. The number of hydrogen-bond acceptors (Lipinski definition) is 5. The zero-order valence-electron chi connectivity index (χ0n) is 21.0. The Balaban J connectivity index is 1.58. The van der Waals surface area contributed by atoms with Gasteiger partial charge in [-0.25, -0.2) is 4.79 Å². The van der Waals surface area contributed by atoms with Gasteiger partial charge in [0.05, 0.1) is 31.7 Å². The van der Waals surface area contributed by atoms with Gasteiger partial charge in [0.2, 0.25) is 5.91 Å². The minimum atomic E-state index is -0.359. The fourth-order valence-electron chi connectivity index (χ4n) is 4.66. The van der Waals surface area contributed by atoms with Crippen LogP contribution in [-0.2, 0) is 16.0 Å². The molecule has 6 nitrogen and oxygen atoms in total. The zero-order chi connectivity index (χ0) is 25.3. The summed E-state index contributed by atoms with van der Waals surface area (Å²) in [6.07, 6.45) is 3.82. The van der Waals surface area contributed by atoms with E-state index >= 15 is 0 Å². The van der Waals surface area contributed by atoms with E-state index in [1.165, 1.54) is 19.3 Å². The van der Waals surface area contributed by atoms with Gasteiger partial charge in [0.25, 0.3) is 0 Å². The summed E-state index contributed by atoms with van der Waals surface area (Å²) in [5.74, 6) is 0.324. The minimum absolute atomic E-state index is 0.0897. The SMILES string of the molecule is CCOC(=O)c1ccc(CC(=O)NC(c2ccc(OC)cc2)c2ccccc2N2CCCCC2)cc1. The molecule has 1 aliphatic rings. The number of carbonyl (C=O) groups is 2. The maximum atomic E-state index is 13.3. The molecule has 0 aromatic heterocycles. The van der Waals surface area contributed by atoms with E-state index in [2.05, 4.69) is 28.4 Å². The van der Waals surface area contributed by atoms with Gasteiger partial charge in [-0.1, -0.05) is 42.5 Å². The number of anilines is 1. The molecule has 0 spiro atoms. The molecule has 0 radical (unpaired) electrons. The molecule has 1 saturated heterocycles. The highest BCUT2D eigenvalue weighted by Crippen LogP contribution is 2.33. The number of nitrogens with zero attached hydrogens (tertiary/aromatic N) is 1. The highest BCUT2D eigenvalue weighted by atomic mass is 16.5. The molecule has 6 heteroatoms. The molecule has 4 rings (SSSR count). The lowest BCUT2D eigenvalue weighted by atomic mass is 9.95. The van der Waals surface area contributed by atoms with E-state index < -0.39 is 0 Å². The summed E-state index contributed by atoms with van der Waals surface area (Å²) in [7, 11) is 1.65. The van der Waals surface area contributed by atoms with Gasteiger partial charge < -0.3 is 19.7 Å². The van der Waals surface area contributed by atoms with E-state index in [1.807, 2.05) is 30.3 Å². The molecule has 36 heavy (non-hydrogen) atoms. The van der Waals surface area contributed by atoms with Crippen molar-refractivity contribution in [1.29, 1.82) is 0 Å². The van der Waals surface area contributed by atoms with Gasteiger partial charge in [-0.05, 0) is 67.6 Å². The van der Waals surface area contributed by atoms with Crippen molar-refractivity contribution in [1.82, 2.24) is 5.32 Å². The number of ether oxygens (including phenoxy) is 2. The van der Waals surface area contributed by atoms with Crippen molar-refractivity contribution in [2.24, 2.45) is 0 Å². The zero-order valence-corrected chi connectivity index (χ0v) is 21.0. The van der Waals surface area contributed by atoms with Crippen LogP contribution in [0.15, 0.2) is 72.8 Å². The number of piperidine rings is 1. The number of benzene rings is 3. The Bertz CT molecular complexity index is 1150. The molecule has 1 fully saturated rings. The smallest absolute Gasteiger partial charge is 0.338 e. The largest absolute Gasteiger partial charge is 0.497 e. The molecular formula is C30H34N2O4. The number of nitrogens with one attached hydrogen (secondary N) is 1. The van der Waals surface area contributed by atoms with Crippen molar-refractivity contribution in [3.05, 3.63) is 95.1 Å².